The van der Waals surface area contributed by atoms with Gasteiger partial charge in [0.1, 0.15) is 0 Å². The monoisotopic (exact) mass is 281 g/mol. The van der Waals surface area contributed by atoms with E-state index in [0.717, 1.165) is 30.6 Å². The van der Waals surface area contributed by atoms with E-state index < -0.39 is 0 Å². The summed E-state index contributed by atoms with van der Waals surface area (Å²) < 4.78 is 8.28. The van der Waals surface area contributed by atoms with Crippen LogP contribution in [-0.4, -0.2) is 28.4 Å². The van der Waals surface area contributed by atoms with Gasteiger partial charge in [-0.05, 0) is 32.2 Å². The quantitative estimate of drug-likeness (QED) is 0.779. The molecule has 6 heteroatoms. The van der Waals surface area contributed by atoms with Gasteiger partial charge in [-0.15, -0.1) is 0 Å². The summed E-state index contributed by atoms with van der Waals surface area (Å²) in [6.07, 6.45) is 4.86. The smallest absolute Gasteiger partial charge is 0.330 e. The Labute approximate surface area is 118 Å². The Balaban J connectivity index is 1.85. The summed E-state index contributed by atoms with van der Waals surface area (Å²) in [4.78, 5) is 23.4. The Bertz CT molecular complexity index is 556. The fraction of sp³-hybridized carbons (Fsp3) is 0.714. The first-order valence-corrected chi connectivity index (χ1v) is 7.18. The Kier molecular flexibility index (Phi) is 5.14. The van der Waals surface area contributed by atoms with Crippen LogP contribution < -0.4 is 16.6 Å². The summed E-state index contributed by atoms with van der Waals surface area (Å²) in [6.45, 7) is 2.22. The molecule has 0 amide bonds. The molecule has 20 heavy (non-hydrogen) atoms. The lowest BCUT2D eigenvalue weighted by atomic mass is 10.1. The average Bonchev–Trinajstić information content (AvgIpc) is 2.47. The predicted molar refractivity (Wildman–Crippen MR) is 76.8 cm³/mol. The molecule has 1 N–H and O–H groups in total. The molecular weight excluding hydrogens is 258 g/mol. The lowest BCUT2D eigenvalue weighted by Crippen LogP contribution is -2.39. The van der Waals surface area contributed by atoms with Crippen molar-refractivity contribution in [1.29, 1.82) is 0 Å². The highest BCUT2D eigenvalue weighted by atomic mass is 16.5. The van der Waals surface area contributed by atoms with Gasteiger partial charge in [0.2, 0.25) is 0 Å². The highest BCUT2D eigenvalue weighted by Gasteiger charge is 2.13. The van der Waals surface area contributed by atoms with Gasteiger partial charge in [-0.1, -0.05) is 0 Å². The fourth-order valence-electron chi connectivity index (χ4n) is 2.46. The van der Waals surface area contributed by atoms with Crippen molar-refractivity contribution in [2.24, 2.45) is 14.1 Å². The van der Waals surface area contributed by atoms with E-state index in [1.807, 2.05) is 0 Å². The van der Waals surface area contributed by atoms with Crippen molar-refractivity contribution in [2.75, 3.05) is 13.2 Å². The van der Waals surface area contributed by atoms with Crippen molar-refractivity contribution >= 4 is 0 Å². The third-order valence-corrected chi connectivity index (χ3v) is 3.85. The number of hydrogen-bond donors (Lipinski definition) is 1. The summed E-state index contributed by atoms with van der Waals surface area (Å²) >= 11 is 0. The van der Waals surface area contributed by atoms with Crippen LogP contribution in [0.4, 0.5) is 0 Å². The van der Waals surface area contributed by atoms with E-state index in [9.17, 15) is 9.59 Å². The first kappa shape index (κ1) is 15.0. The number of aromatic nitrogens is 2. The van der Waals surface area contributed by atoms with Crippen molar-refractivity contribution in [1.82, 2.24) is 14.5 Å². The van der Waals surface area contributed by atoms with Crippen LogP contribution in [0, 0.1) is 0 Å². The molecule has 0 radical (unpaired) electrons. The molecule has 1 aliphatic rings. The van der Waals surface area contributed by atoms with Crippen molar-refractivity contribution in [3.8, 4) is 0 Å². The van der Waals surface area contributed by atoms with E-state index in [2.05, 4.69) is 5.32 Å². The second-order valence-corrected chi connectivity index (χ2v) is 5.33. The van der Waals surface area contributed by atoms with Gasteiger partial charge in [-0.2, -0.15) is 0 Å². The van der Waals surface area contributed by atoms with Crippen LogP contribution in [-0.2, 0) is 25.4 Å². The molecule has 2 rings (SSSR count). The minimum absolute atomic E-state index is 0.263. The van der Waals surface area contributed by atoms with Gasteiger partial charge < -0.3 is 10.1 Å². The maximum Gasteiger partial charge on any atom is 0.330 e. The number of ether oxygens (including phenoxy) is 1. The van der Waals surface area contributed by atoms with Crippen LogP contribution in [0.2, 0.25) is 0 Å². The molecule has 1 aromatic heterocycles. The zero-order valence-electron chi connectivity index (χ0n) is 12.2. The molecule has 1 atom stereocenters. The Morgan fingerprint density at radius 1 is 1.30 bits per heavy atom. The molecule has 2 heterocycles. The highest BCUT2D eigenvalue weighted by Crippen LogP contribution is 2.14. The van der Waals surface area contributed by atoms with Crippen LogP contribution in [0.25, 0.3) is 0 Å². The molecule has 0 bridgehead atoms. The van der Waals surface area contributed by atoms with Crippen LogP contribution in [0.5, 0.6) is 0 Å². The molecule has 1 saturated heterocycles. The largest absolute Gasteiger partial charge is 0.378 e. The Morgan fingerprint density at radius 2 is 2.10 bits per heavy atom. The third kappa shape index (κ3) is 3.58. The molecule has 0 spiro atoms. The number of nitrogens with zero attached hydrogens (tertiary/aromatic N) is 2. The van der Waals surface area contributed by atoms with E-state index in [1.165, 1.54) is 30.5 Å². The Hall–Kier alpha value is -1.40. The Morgan fingerprint density at radius 3 is 2.80 bits per heavy atom. The number of hydrogen-bond acceptors (Lipinski definition) is 4. The highest BCUT2D eigenvalue weighted by molar-refractivity contribution is 5.01. The molecule has 1 aromatic rings. The second-order valence-electron chi connectivity index (χ2n) is 5.33. The first-order chi connectivity index (χ1) is 9.59. The van der Waals surface area contributed by atoms with Gasteiger partial charge in [0, 0.05) is 39.0 Å². The number of rotatable bonds is 5. The summed E-state index contributed by atoms with van der Waals surface area (Å²) in [5, 5.41) is 3.28. The summed E-state index contributed by atoms with van der Waals surface area (Å²) in [5.41, 5.74) is 0.160. The van der Waals surface area contributed by atoms with E-state index in [-0.39, 0.29) is 11.2 Å². The number of nitrogens with one attached hydrogen (secondary N) is 1. The van der Waals surface area contributed by atoms with Gasteiger partial charge in [-0.25, -0.2) is 4.79 Å². The zero-order valence-corrected chi connectivity index (χ0v) is 12.2. The van der Waals surface area contributed by atoms with Crippen molar-refractivity contribution in [2.45, 2.75) is 38.3 Å². The van der Waals surface area contributed by atoms with E-state index in [4.69, 9.17) is 4.74 Å². The van der Waals surface area contributed by atoms with Gasteiger partial charge in [-0.3, -0.25) is 13.9 Å². The topological polar surface area (TPSA) is 65.3 Å². The molecule has 6 nitrogen and oxygen atoms in total. The summed E-state index contributed by atoms with van der Waals surface area (Å²) in [6, 6.07) is 1.51. The summed E-state index contributed by atoms with van der Waals surface area (Å²) in [5.74, 6) is 0. The van der Waals surface area contributed by atoms with E-state index in [0.29, 0.717) is 18.3 Å². The van der Waals surface area contributed by atoms with Crippen LogP contribution in [0.15, 0.2) is 15.7 Å². The normalized spacial score (nSPS) is 19.2. The predicted octanol–water partition coefficient (Wildman–Crippen LogP) is 0.133. The van der Waals surface area contributed by atoms with Gasteiger partial charge in [0.25, 0.3) is 5.56 Å². The van der Waals surface area contributed by atoms with E-state index >= 15 is 0 Å². The molecule has 0 aromatic carbocycles. The summed E-state index contributed by atoms with van der Waals surface area (Å²) in [7, 11) is 3.17. The van der Waals surface area contributed by atoms with Crippen LogP contribution in [0.3, 0.4) is 0 Å². The van der Waals surface area contributed by atoms with Crippen LogP contribution in [0.1, 0.15) is 31.4 Å². The van der Waals surface area contributed by atoms with Crippen molar-refractivity contribution < 1.29 is 4.74 Å². The maximum atomic E-state index is 11.8. The van der Waals surface area contributed by atoms with Crippen molar-refractivity contribution in [3.63, 3.8) is 0 Å². The molecule has 1 unspecified atom stereocenters. The van der Waals surface area contributed by atoms with Gasteiger partial charge in [0.15, 0.2) is 0 Å². The minimum Gasteiger partial charge on any atom is -0.378 e. The lowest BCUT2D eigenvalue weighted by molar-refractivity contribution is 0.0115. The molecule has 1 fully saturated rings. The van der Waals surface area contributed by atoms with Crippen molar-refractivity contribution in [3.05, 3.63) is 32.6 Å². The van der Waals surface area contributed by atoms with Gasteiger partial charge in [0.05, 0.1) is 6.10 Å². The van der Waals surface area contributed by atoms with Crippen LogP contribution >= 0.6 is 0 Å². The third-order valence-electron chi connectivity index (χ3n) is 3.85. The first-order valence-electron chi connectivity index (χ1n) is 7.18. The standard InChI is InChI=1S/C14H23N3O3/c1-16-11(9-13(18)17(2)14(16)19)10-15-7-6-12-5-3-4-8-20-12/h9,12,15H,3-8,10H2,1-2H3. The van der Waals surface area contributed by atoms with E-state index in [1.54, 1.807) is 7.05 Å². The SMILES string of the molecule is Cn1c(CNCCC2CCCCO2)cc(=O)n(C)c1=O. The second kappa shape index (κ2) is 6.85. The minimum atomic E-state index is -0.287. The maximum absolute atomic E-state index is 11.8. The molecular formula is C14H23N3O3. The lowest BCUT2D eigenvalue weighted by Gasteiger charge is -2.22. The molecule has 112 valence electrons. The fourth-order valence-corrected chi connectivity index (χ4v) is 2.46. The average molecular weight is 281 g/mol. The molecule has 0 aliphatic carbocycles. The molecule has 0 saturated carbocycles. The van der Waals surface area contributed by atoms with Gasteiger partial charge >= 0.3 is 5.69 Å². The zero-order chi connectivity index (χ0) is 14.5. The molecule has 1 aliphatic heterocycles.